The van der Waals surface area contributed by atoms with E-state index in [1.807, 2.05) is 0 Å². The second-order valence-corrected chi connectivity index (χ2v) is 16.0. The van der Waals surface area contributed by atoms with Gasteiger partial charge in [-0.2, -0.15) is 26.3 Å². The maximum absolute atomic E-state index is 11.5. The van der Waals surface area contributed by atoms with Crippen LogP contribution >= 0.6 is 7.92 Å². The molecule has 0 aromatic heterocycles. The van der Waals surface area contributed by atoms with Crippen LogP contribution in [0.15, 0.2) is 0 Å². The Morgan fingerprint density at radius 1 is 0.500 bits per heavy atom. The van der Waals surface area contributed by atoms with Gasteiger partial charge in [0.05, 0.1) is 0 Å². The van der Waals surface area contributed by atoms with Gasteiger partial charge in [0.15, 0.2) is 0 Å². The molecule has 0 aromatic carbocycles. The SMILES string of the molecule is C1CCC(P(C2CCCCC2)C2CCCCC2)CC1.O=S(=O)(NS(=O)(=O)C(F)(F)F)C(F)(F)F. The molecule has 0 aromatic rings. The highest BCUT2D eigenvalue weighted by Crippen LogP contribution is 2.61. The summed E-state index contributed by atoms with van der Waals surface area (Å²) < 4.78 is 108. The third-order valence-corrected chi connectivity index (χ3v) is 13.9. The maximum atomic E-state index is 11.5. The van der Waals surface area contributed by atoms with Crippen molar-refractivity contribution in [1.82, 2.24) is 4.13 Å². The molecular weight excluding hydrogens is 527 g/mol. The number of hydrogen-bond acceptors (Lipinski definition) is 4. The van der Waals surface area contributed by atoms with Crippen LogP contribution in [0.5, 0.6) is 0 Å². The summed E-state index contributed by atoms with van der Waals surface area (Å²) >= 11 is 0. The largest absolute Gasteiger partial charge is 0.512 e. The van der Waals surface area contributed by atoms with E-state index in [0.29, 0.717) is 7.92 Å². The normalized spacial score (nSPS) is 22.9. The molecule has 0 spiro atoms. The Labute approximate surface area is 199 Å². The van der Waals surface area contributed by atoms with E-state index in [9.17, 15) is 43.2 Å². The van der Waals surface area contributed by atoms with Crippen molar-refractivity contribution in [3.8, 4) is 0 Å². The van der Waals surface area contributed by atoms with Gasteiger partial charge >= 0.3 is 31.1 Å². The van der Waals surface area contributed by atoms with Crippen LogP contribution in [-0.4, -0.2) is 44.8 Å². The summed E-state index contributed by atoms with van der Waals surface area (Å²) in [7, 11) is -12.8. The smallest absolute Gasteiger partial charge is 0.202 e. The molecule has 202 valence electrons. The second-order valence-electron chi connectivity index (χ2n) is 9.30. The fourth-order valence-electron chi connectivity index (χ4n) is 5.27. The Morgan fingerprint density at radius 2 is 0.735 bits per heavy atom. The van der Waals surface area contributed by atoms with Crippen LogP contribution < -0.4 is 4.13 Å². The molecule has 3 aliphatic carbocycles. The summed E-state index contributed by atoms with van der Waals surface area (Å²) in [6.07, 6.45) is 23.6. The lowest BCUT2D eigenvalue weighted by Crippen LogP contribution is -2.45. The summed E-state index contributed by atoms with van der Waals surface area (Å²) in [4.78, 5) is 0. The molecule has 0 aliphatic heterocycles. The molecule has 0 radical (unpaired) electrons. The average molecular weight is 562 g/mol. The van der Waals surface area contributed by atoms with Crippen molar-refractivity contribution in [3.63, 3.8) is 0 Å². The first-order valence-electron chi connectivity index (χ1n) is 11.8. The van der Waals surface area contributed by atoms with Gasteiger partial charge in [-0.1, -0.05) is 69.8 Å². The van der Waals surface area contributed by atoms with Crippen LogP contribution in [0.25, 0.3) is 0 Å². The number of nitrogens with one attached hydrogen (secondary N) is 1. The van der Waals surface area contributed by atoms with E-state index in [1.165, 1.54) is 36.2 Å². The maximum Gasteiger partial charge on any atom is 0.512 e. The molecule has 0 unspecified atom stereocenters. The summed E-state index contributed by atoms with van der Waals surface area (Å²) in [5, 5.41) is 0. The van der Waals surface area contributed by atoms with Crippen LogP contribution in [0, 0.1) is 0 Å². The van der Waals surface area contributed by atoms with Crippen LogP contribution in [0.4, 0.5) is 26.3 Å². The monoisotopic (exact) mass is 561 g/mol. The van der Waals surface area contributed by atoms with Crippen LogP contribution in [0.1, 0.15) is 96.3 Å². The summed E-state index contributed by atoms with van der Waals surface area (Å²) in [5.74, 6) is 0. The first-order valence-corrected chi connectivity index (χ1v) is 16.4. The van der Waals surface area contributed by atoms with Gasteiger partial charge in [-0.25, -0.2) is 16.8 Å². The molecule has 3 rings (SSSR count). The Bertz CT molecular complexity index is 745. The van der Waals surface area contributed by atoms with Crippen molar-refractivity contribution >= 4 is 28.0 Å². The van der Waals surface area contributed by atoms with E-state index >= 15 is 0 Å². The topological polar surface area (TPSA) is 80.3 Å². The Hall–Kier alpha value is -0.130. The van der Waals surface area contributed by atoms with E-state index in [0.717, 1.165) is 0 Å². The molecule has 0 saturated heterocycles. The van der Waals surface area contributed by atoms with Crippen molar-refractivity contribution in [2.24, 2.45) is 0 Å². The molecular formula is C20H34F6NO4PS2. The van der Waals surface area contributed by atoms with E-state index in [4.69, 9.17) is 0 Å². The highest BCUT2D eigenvalue weighted by atomic mass is 32.3. The van der Waals surface area contributed by atoms with Gasteiger partial charge in [-0.3, -0.25) is 0 Å². The Morgan fingerprint density at radius 3 is 0.941 bits per heavy atom. The van der Waals surface area contributed by atoms with Gasteiger partial charge in [0.25, 0.3) is 0 Å². The number of alkyl halides is 6. The van der Waals surface area contributed by atoms with Gasteiger partial charge in [0, 0.05) is 0 Å². The van der Waals surface area contributed by atoms with Crippen LogP contribution in [-0.2, 0) is 20.0 Å². The third-order valence-electron chi connectivity index (χ3n) is 6.82. The number of hydrogen-bond donors (Lipinski definition) is 1. The minimum absolute atomic E-state index is 0.385. The molecule has 5 nitrogen and oxygen atoms in total. The van der Waals surface area contributed by atoms with Gasteiger partial charge < -0.3 is 0 Å². The standard InChI is InChI=1S/C18H33P.C2HF6NO4S2/c1-4-10-16(11-5-1)19(17-12-6-2-7-13-17)18-14-8-3-9-15-18;3-1(4,5)14(10,11)9-15(12,13)2(6,7)8/h16-18H,1-15H2;9H. The highest BCUT2D eigenvalue weighted by Gasteiger charge is 2.55. The first kappa shape index (κ1) is 30.1. The lowest BCUT2D eigenvalue weighted by atomic mass is 9.99. The van der Waals surface area contributed by atoms with Gasteiger partial charge in [0.1, 0.15) is 0 Å². The van der Waals surface area contributed by atoms with E-state index < -0.39 is 35.2 Å². The summed E-state index contributed by atoms with van der Waals surface area (Å²) in [6, 6.07) is 0. The van der Waals surface area contributed by atoms with Crippen LogP contribution in [0.2, 0.25) is 0 Å². The molecule has 34 heavy (non-hydrogen) atoms. The molecule has 0 atom stereocenters. The zero-order valence-corrected chi connectivity index (χ0v) is 21.5. The van der Waals surface area contributed by atoms with Gasteiger partial charge in [-0.15, -0.1) is 0 Å². The molecule has 0 amide bonds. The zero-order valence-electron chi connectivity index (χ0n) is 19.0. The number of sulfonamides is 2. The van der Waals surface area contributed by atoms with E-state index in [1.54, 1.807) is 77.0 Å². The second kappa shape index (κ2) is 12.4. The van der Waals surface area contributed by atoms with Crippen molar-refractivity contribution in [2.75, 3.05) is 0 Å². The molecule has 0 bridgehead atoms. The Balaban J connectivity index is 0.000000249. The van der Waals surface area contributed by atoms with Gasteiger partial charge in [0.2, 0.25) is 0 Å². The minimum Gasteiger partial charge on any atom is -0.202 e. The number of rotatable bonds is 5. The van der Waals surface area contributed by atoms with Gasteiger partial charge in [-0.05, 0) is 55.5 Å². The third kappa shape index (κ3) is 8.47. The molecule has 0 heterocycles. The summed E-state index contributed by atoms with van der Waals surface area (Å²) in [6.45, 7) is 0. The number of halogens is 6. The van der Waals surface area contributed by atoms with Crippen molar-refractivity contribution < 1.29 is 43.2 Å². The lowest BCUT2D eigenvalue weighted by molar-refractivity contribution is -0.0476. The summed E-state index contributed by atoms with van der Waals surface area (Å²) in [5.41, 5.74) is -8.73. The van der Waals surface area contributed by atoms with Crippen molar-refractivity contribution in [1.29, 1.82) is 0 Å². The van der Waals surface area contributed by atoms with E-state index in [-0.39, 0.29) is 0 Å². The predicted molar refractivity (Wildman–Crippen MR) is 121 cm³/mol. The fraction of sp³-hybridized carbons (Fsp3) is 1.00. The first-order chi connectivity index (χ1) is 15.7. The van der Waals surface area contributed by atoms with Crippen molar-refractivity contribution in [2.45, 2.75) is 124 Å². The zero-order chi connectivity index (χ0) is 25.6. The molecule has 3 fully saturated rings. The lowest BCUT2D eigenvalue weighted by Gasteiger charge is -2.44. The molecule has 3 aliphatic rings. The fourth-order valence-corrected chi connectivity index (χ4v) is 11.9. The molecule has 14 heteroatoms. The van der Waals surface area contributed by atoms with Crippen molar-refractivity contribution in [3.05, 3.63) is 0 Å². The average Bonchev–Trinajstić information content (AvgIpc) is 2.74. The minimum atomic E-state index is -6.60. The van der Waals surface area contributed by atoms with E-state index in [2.05, 4.69) is 0 Å². The Kier molecular flexibility index (Phi) is 11.0. The molecule has 1 N–H and O–H groups in total. The quantitative estimate of drug-likeness (QED) is 0.298. The predicted octanol–water partition coefficient (Wildman–Crippen LogP) is 6.74. The van der Waals surface area contributed by atoms with Crippen LogP contribution in [0.3, 0.4) is 0 Å². The molecule has 3 saturated carbocycles. The highest BCUT2D eigenvalue weighted by molar-refractivity contribution is 8.05.